The Hall–Kier alpha value is -3.45. The summed E-state index contributed by atoms with van der Waals surface area (Å²) in [6.07, 6.45) is 4.18. The maximum Gasteiger partial charge on any atom is 0.263 e. The van der Waals surface area contributed by atoms with Crippen LogP contribution in [0.2, 0.25) is 0 Å². The summed E-state index contributed by atoms with van der Waals surface area (Å²) in [6, 6.07) is 15.4. The third-order valence-electron chi connectivity index (χ3n) is 4.63. The molecule has 3 heterocycles. The van der Waals surface area contributed by atoms with E-state index in [1.807, 2.05) is 48.5 Å². The van der Waals surface area contributed by atoms with Crippen LogP contribution in [0.4, 0.5) is 5.69 Å². The Bertz CT molecular complexity index is 1140. The lowest BCUT2D eigenvalue weighted by Gasteiger charge is -2.06. The lowest BCUT2D eigenvalue weighted by Crippen LogP contribution is -2.25. The standard InChI is InChI=1S/C22H20N4O2S/c1-28-16-4-2-14(3-5-16)8-13-25-21(27)20-19(23)17-6-7-18(26-22(17)29-20)15-9-11-24-12-10-15/h2-7,9-12H,8,13,23H2,1H3,(H,25,27). The molecule has 0 unspecified atom stereocenters. The van der Waals surface area contributed by atoms with Crippen molar-refractivity contribution in [3.63, 3.8) is 0 Å². The monoisotopic (exact) mass is 404 g/mol. The van der Waals surface area contributed by atoms with Gasteiger partial charge in [0.25, 0.3) is 5.91 Å². The number of carbonyl (C=O) groups is 1. The molecule has 0 aliphatic rings. The fraction of sp³-hybridized carbons (Fsp3) is 0.136. The normalized spacial score (nSPS) is 10.8. The SMILES string of the molecule is COc1ccc(CCNC(=O)c2sc3nc(-c4ccncc4)ccc3c2N)cc1. The lowest BCUT2D eigenvalue weighted by atomic mass is 10.1. The van der Waals surface area contributed by atoms with Gasteiger partial charge in [-0.25, -0.2) is 4.98 Å². The third-order valence-corrected chi connectivity index (χ3v) is 5.75. The zero-order valence-electron chi connectivity index (χ0n) is 15.9. The second-order valence-corrected chi connectivity index (χ2v) is 7.48. The third kappa shape index (κ3) is 4.05. The van der Waals surface area contributed by atoms with Crippen molar-refractivity contribution >= 4 is 33.1 Å². The van der Waals surface area contributed by atoms with Gasteiger partial charge in [-0.05, 0) is 48.4 Å². The number of hydrogen-bond donors (Lipinski definition) is 2. The second kappa shape index (κ2) is 8.28. The van der Waals surface area contributed by atoms with E-state index in [-0.39, 0.29) is 5.91 Å². The molecule has 0 saturated carbocycles. The van der Waals surface area contributed by atoms with Crippen molar-refractivity contribution in [3.8, 4) is 17.0 Å². The van der Waals surface area contributed by atoms with E-state index in [2.05, 4.69) is 15.3 Å². The van der Waals surface area contributed by atoms with Crippen LogP contribution in [0.1, 0.15) is 15.2 Å². The van der Waals surface area contributed by atoms with Gasteiger partial charge in [-0.2, -0.15) is 0 Å². The van der Waals surface area contributed by atoms with Gasteiger partial charge in [0.05, 0.1) is 18.5 Å². The average Bonchev–Trinajstić information content (AvgIpc) is 3.11. The Morgan fingerprint density at radius 2 is 1.86 bits per heavy atom. The summed E-state index contributed by atoms with van der Waals surface area (Å²) in [4.78, 5) is 22.6. The molecule has 29 heavy (non-hydrogen) atoms. The molecule has 146 valence electrons. The van der Waals surface area contributed by atoms with Crippen molar-refractivity contribution in [3.05, 3.63) is 71.4 Å². The van der Waals surface area contributed by atoms with E-state index in [1.54, 1.807) is 19.5 Å². The molecule has 6 nitrogen and oxygen atoms in total. The zero-order chi connectivity index (χ0) is 20.2. The number of benzene rings is 1. The number of amides is 1. The summed E-state index contributed by atoms with van der Waals surface area (Å²) < 4.78 is 5.16. The van der Waals surface area contributed by atoms with Gasteiger partial charge < -0.3 is 15.8 Å². The Morgan fingerprint density at radius 1 is 1.10 bits per heavy atom. The summed E-state index contributed by atoms with van der Waals surface area (Å²) in [5.41, 5.74) is 9.62. The molecule has 4 aromatic rings. The minimum absolute atomic E-state index is 0.176. The number of hydrogen-bond acceptors (Lipinski definition) is 6. The molecule has 0 spiro atoms. The minimum Gasteiger partial charge on any atom is -0.497 e. The number of nitrogens with one attached hydrogen (secondary N) is 1. The lowest BCUT2D eigenvalue weighted by molar-refractivity contribution is 0.0959. The van der Waals surface area contributed by atoms with E-state index in [9.17, 15) is 4.79 Å². The first-order valence-electron chi connectivity index (χ1n) is 9.16. The Kier molecular flexibility index (Phi) is 5.39. The summed E-state index contributed by atoms with van der Waals surface area (Å²) in [6.45, 7) is 0.522. The number of pyridine rings is 2. The smallest absolute Gasteiger partial charge is 0.263 e. The van der Waals surface area contributed by atoms with Gasteiger partial charge in [0.1, 0.15) is 15.5 Å². The van der Waals surface area contributed by atoms with E-state index in [4.69, 9.17) is 10.5 Å². The highest BCUT2D eigenvalue weighted by Crippen LogP contribution is 2.34. The van der Waals surface area contributed by atoms with Crippen LogP contribution in [0.25, 0.3) is 21.5 Å². The van der Waals surface area contributed by atoms with Crippen molar-refractivity contribution in [2.75, 3.05) is 19.4 Å². The molecule has 0 atom stereocenters. The van der Waals surface area contributed by atoms with Gasteiger partial charge in [-0.15, -0.1) is 11.3 Å². The highest BCUT2D eigenvalue weighted by Gasteiger charge is 2.17. The van der Waals surface area contributed by atoms with Gasteiger partial charge in [0, 0.05) is 29.9 Å². The molecule has 3 aromatic heterocycles. The number of nitrogen functional groups attached to an aromatic ring is 1. The number of nitrogens with zero attached hydrogens (tertiary/aromatic N) is 2. The van der Waals surface area contributed by atoms with Crippen LogP contribution in [-0.2, 0) is 6.42 Å². The molecule has 0 fully saturated rings. The highest BCUT2D eigenvalue weighted by atomic mass is 32.1. The first-order valence-corrected chi connectivity index (χ1v) is 9.98. The van der Waals surface area contributed by atoms with E-state index >= 15 is 0 Å². The maximum atomic E-state index is 12.6. The topological polar surface area (TPSA) is 90.1 Å². The first-order chi connectivity index (χ1) is 14.2. The summed E-state index contributed by atoms with van der Waals surface area (Å²) >= 11 is 1.31. The number of methoxy groups -OCH3 is 1. The molecule has 0 radical (unpaired) electrons. The average molecular weight is 404 g/mol. The largest absolute Gasteiger partial charge is 0.497 e. The van der Waals surface area contributed by atoms with Gasteiger partial charge >= 0.3 is 0 Å². The fourth-order valence-corrected chi connectivity index (χ4v) is 4.05. The Labute approximate surface area is 172 Å². The maximum absolute atomic E-state index is 12.6. The predicted molar refractivity (Wildman–Crippen MR) is 116 cm³/mol. The molecular formula is C22H20N4O2S. The number of rotatable bonds is 6. The summed E-state index contributed by atoms with van der Waals surface area (Å²) in [5, 5.41) is 3.75. The van der Waals surface area contributed by atoms with Crippen molar-refractivity contribution in [2.24, 2.45) is 0 Å². The minimum atomic E-state index is -0.176. The van der Waals surface area contributed by atoms with Crippen LogP contribution in [0.15, 0.2) is 60.9 Å². The van der Waals surface area contributed by atoms with Crippen molar-refractivity contribution in [1.29, 1.82) is 0 Å². The molecule has 0 saturated heterocycles. The van der Waals surface area contributed by atoms with E-state index in [0.717, 1.165) is 39.2 Å². The number of carbonyl (C=O) groups excluding carboxylic acids is 1. The molecular weight excluding hydrogens is 384 g/mol. The molecule has 0 aliphatic heterocycles. The van der Waals surface area contributed by atoms with Crippen molar-refractivity contribution in [1.82, 2.24) is 15.3 Å². The molecule has 1 amide bonds. The van der Waals surface area contributed by atoms with E-state index < -0.39 is 0 Å². The van der Waals surface area contributed by atoms with Crippen molar-refractivity contribution < 1.29 is 9.53 Å². The number of anilines is 1. The van der Waals surface area contributed by atoms with E-state index in [0.29, 0.717) is 17.1 Å². The van der Waals surface area contributed by atoms with Crippen LogP contribution < -0.4 is 15.8 Å². The quantitative estimate of drug-likeness (QED) is 0.508. The number of ether oxygens (including phenoxy) is 1. The van der Waals surface area contributed by atoms with Gasteiger partial charge in [-0.1, -0.05) is 12.1 Å². The highest BCUT2D eigenvalue weighted by molar-refractivity contribution is 7.21. The van der Waals surface area contributed by atoms with Crippen LogP contribution in [0.5, 0.6) is 5.75 Å². The molecule has 3 N–H and O–H groups in total. The predicted octanol–water partition coefficient (Wildman–Crippen LogP) is 3.92. The first kappa shape index (κ1) is 18.9. The van der Waals surface area contributed by atoms with Gasteiger partial charge in [-0.3, -0.25) is 9.78 Å². The Balaban J connectivity index is 1.47. The molecule has 1 aromatic carbocycles. The fourth-order valence-electron chi connectivity index (χ4n) is 3.04. The molecule has 4 rings (SSSR count). The summed E-state index contributed by atoms with van der Waals surface area (Å²) in [7, 11) is 1.64. The zero-order valence-corrected chi connectivity index (χ0v) is 16.7. The number of thiophene rings is 1. The van der Waals surface area contributed by atoms with Crippen LogP contribution in [-0.4, -0.2) is 29.5 Å². The van der Waals surface area contributed by atoms with Crippen LogP contribution >= 0.6 is 11.3 Å². The molecule has 0 aliphatic carbocycles. The Morgan fingerprint density at radius 3 is 2.59 bits per heavy atom. The number of fused-ring (bicyclic) bond motifs is 1. The van der Waals surface area contributed by atoms with Gasteiger partial charge in [0.2, 0.25) is 0 Å². The summed E-state index contributed by atoms with van der Waals surface area (Å²) in [5.74, 6) is 0.638. The van der Waals surface area contributed by atoms with Crippen molar-refractivity contribution in [2.45, 2.75) is 6.42 Å². The van der Waals surface area contributed by atoms with Crippen LogP contribution in [0, 0.1) is 0 Å². The number of aromatic nitrogens is 2. The molecule has 0 bridgehead atoms. The van der Waals surface area contributed by atoms with Gasteiger partial charge in [0.15, 0.2) is 0 Å². The van der Waals surface area contributed by atoms with Crippen LogP contribution in [0.3, 0.4) is 0 Å². The second-order valence-electron chi connectivity index (χ2n) is 6.48. The van der Waals surface area contributed by atoms with E-state index in [1.165, 1.54) is 11.3 Å². The number of nitrogens with two attached hydrogens (primary N) is 1. The molecule has 7 heteroatoms.